The Morgan fingerprint density at radius 1 is 1.17 bits per heavy atom. The Labute approximate surface area is 175 Å². The molecule has 0 aliphatic carbocycles. The molecule has 0 saturated carbocycles. The van der Waals surface area contributed by atoms with Crippen LogP contribution >= 0.6 is 0 Å². The van der Waals surface area contributed by atoms with Gasteiger partial charge in [-0.1, -0.05) is 18.2 Å². The average molecular weight is 412 g/mol. The minimum absolute atomic E-state index is 0.318. The third kappa shape index (κ3) is 3.97. The van der Waals surface area contributed by atoms with Gasteiger partial charge in [-0.3, -0.25) is 4.98 Å². The lowest BCUT2D eigenvalue weighted by atomic mass is 9.91. The Hall–Kier alpha value is -2.71. The van der Waals surface area contributed by atoms with Crippen LogP contribution in [-0.4, -0.2) is 62.5 Å². The third-order valence-corrected chi connectivity index (χ3v) is 5.67. The van der Waals surface area contributed by atoms with E-state index in [4.69, 9.17) is 14.5 Å². The maximum absolute atomic E-state index is 12.0. The van der Waals surface area contributed by atoms with Crippen LogP contribution in [0.15, 0.2) is 30.5 Å². The molecule has 1 N–H and O–H groups in total. The van der Waals surface area contributed by atoms with E-state index in [-0.39, 0.29) is 6.09 Å². The first-order valence-corrected chi connectivity index (χ1v) is 10.5. The minimum atomic E-state index is -0.942. The number of piperidine rings is 1. The molecule has 1 fully saturated rings. The maximum atomic E-state index is 12.0. The summed E-state index contributed by atoms with van der Waals surface area (Å²) in [7, 11) is 0. The number of amides is 1. The standard InChI is InChI=1S/C22H28N4O4/c1-3-29-14-19-24-18-13-23-17-8-6-5-7-16(17)20(18)26(19)15-22(28)9-11-25(12-10-22)21(27)30-4-2/h5-8,13,28H,3-4,9-12,14-15H2,1-2H3. The first-order chi connectivity index (χ1) is 14.5. The van der Waals surface area contributed by atoms with Crippen molar-refractivity contribution in [2.75, 3.05) is 26.3 Å². The second kappa shape index (κ2) is 8.57. The molecule has 30 heavy (non-hydrogen) atoms. The lowest BCUT2D eigenvalue weighted by molar-refractivity contribution is -0.0327. The number of nitrogens with zero attached hydrogens (tertiary/aromatic N) is 4. The van der Waals surface area contributed by atoms with E-state index in [0.717, 1.165) is 27.8 Å². The van der Waals surface area contributed by atoms with Gasteiger partial charge in [0.15, 0.2) is 0 Å². The van der Waals surface area contributed by atoms with Crippen molar-refractivity contribution in [1.82, 2.24) is 19.4 Å². The highest BCUT2D eigenvalue weighted by molar-refractivity contribution is 6.02. The number of benzene rings is 1. The van der Waals surface area contributed by atoms with Crippen LogP contribution in [0.25, 0.3) is 21.9 Å². The summed E-state index contributed by atoms with van der Waals surface area (Å²) in [4.78, 5) is 22.9. The molecule has 0 radical (unpaired) electrons. The highest BCUT2D eigenvalue weighted by Crippen LogP contribution is 2.30. The number of pyridine rings is 1. The van der Waals surface area contributed by atoms with Gasteiger partial charge in [-0.05, 0) is 32.8 Å². The number of imidazole rings is 1. The number of hydrogen-bond donors (Lipinski definition) is 1. The van der Waals surface area contributed by atoms with Crippen molar-refractivity contribution >= 4 is 28.0 Å². The fourth-order valence-electron chi connectivity index (χ4n) is 4.06. The van der Waals surface area contributed by atoms with Crippen LogP contribution in [0.3, 0.4) is 0 Å². The third-order valence-electron chi connectivity index (χ3n) is 5.67. The van der Waals surface area contributed by atoms with Gasteiger partial charge >= 0.3 is 6.09 Å². The number of likely N-dealkylation sites (tertiary alicyclic amines) is 1. The normalized spacial score (nSPS) is 16.3. The number of fused-ring (bicyclic) bond motifs is 3. The Bertz CT molecular complexity index is 1040. The monoisotopic (exact) mass is 412 g/mol. The van der Waals surface area contributed by atoms with Gasteiger partial charge in [-0.2, -0.15) is 0 Å². The van der Waals surface area contributed by atoms with Crippen molar-refractivity contribution < 1.29 is 19.4 Å². The second-order valence-electron chi connectivity index (χ2n) is 7.67. The van der Waals surface area contributed by atoms with Crippen LogP contribution in [-0.2, 0) is 22.6 Å². The lowest BCUT2D eigenvalue weighted by Crippen LogP contribution is -2.49. The number of hydrogen-bond acceptors (Lipinski definition) is 6. The van der Waals surface area contributed by atoms with Crippen LogP contribution in [0.1, 0.15) is 32.5 Å². The fourth-order valence-corrected chi connectivity index (χ4v) is 4.06. The van der Waals surface area contributed by atoms with Crippen LogP contribution in [0.5, 0.6) is 0 Å². The molecule has 8 nitrogen and oxygen atoms in total. The first-order valence-electron chi connectivity index (χ1n) is 10.5. The first kappa shape index (κ1) is 20.6. The quantitative estimate of drug-likeness (QED) is 0.669. The van der Waals surface area contributed by atoms with Crippen LogP contribution in [0.4, 0.5) is 4.79 Å². The molecule has 1 aliphatic heterocycles. The van der Waals surface area contributed by atoms with Crippen molar-refractivity contribution in [3.8, 4) is 0 Å². The Morgan fingerprint density at radius 3 is 2.67 bits per heavy atom. The van der Waals surface area contributed by atoms with Crippen LogP contribution in [0, 0.1) is 0 Å². The van der Waals surface area contributed by atoms with E-state index in [1.165, 1.54) is 0 Å². The summed E-state index contributed by atoms with van der Waals surface area (Å²) in [5, 5.41) is 12.4. The zero-order valence-corrected chi connectivity index (χ0v) is 17.5. The van der Waals surface area contributed by atoms with Crippen molar-refractivity contribution in [2.45, 2.75) is 45.4 Å². The molecule has 3 heterocycles. The van der Waals surface area contributed by atoms with E-state index in [9.17, 15) is 9.90 Å². The zero-order valence-electron chi connectivity index (χ0n) is 17.5. The number of aliphatic hydroxyl groups is 1. The molecule has 8 heteroatoms. The average Bonchev–Trinajstić information content (AvgIpc) is 3.10. The molecule has 0 bridgehead atoms. The molecule has 4 rings (SSSR count). The van der Waals surface area contributed by atoms with Gasteiger partial charge in [-0.25, -0.2) is 9.78 Å². The van der Waals surface area contributed by atoms with E-state index >= 15 is 0 Å². The molecule has 1 amide bonds. The van der Waals surface area contributed by atoms with Gasteiger partial charge in [0.25, 0.3) is 0 Å². The molecule has 160 valence electrons. The summed E-state index contributed by atoms with van der Waals surface area (Å²) in [6, 6.07) is 7.94. The summed E-state index contributed by atoms with van der Waals surface area (Å²) in [6.07, 6.45) is 2.41. The van der Waals surface area contributed by atoms with Crippen molar-refractivity contribution in [1.29, 1.82) is 0 Å². The zero-order chi connectivity index (χ0) is 21.1. The SMILES string of the molecule is CCOCc1nc2cnc3ccccc3c2n1CC1(O)CCN(C(=O)OCC)CC1. The van der Waals surface area contributed by atoms with E-state index in [1.807, 2.05) is 31.2 Å². The van der Waals surface area contributed by atoms with Gasteiger partial charge in [0.05, 0.1) is 36.0 Å². The predicted molar refractivity (Wildman–Crippen MR) is 113 cm³/mol. The highest BCUT2D eigenvalue weighted by atomic mass is 16.6. The number of para-hydroxylation sites is 1. The number of aromatic nitrogens is 3. The van der Waals surface area contributed by atoms with E-state index in [0.29, 0.717) is 52.3 Å². The molecule has 1 aliphatic rings. The molecular weight excluding hydrogens is 384 g/mol. The lowest BCUT2D eigenvalue weighted by Gasteiger charge is -2.38. The van der Waals surface area contributed by atoms with Gasteiger partial charge in [0.1, 0.15) is 17.9 Å². The number of ether oxygens (including phenoxy) is 2. The molecule has 0 atom stereocenters. The van der Waals surface area contributed by atoms with E-state index in [2.05, 4.69) is 9.55 Å². The van der Waals surface area contributed by atoms with Gasteiger partial charge in [-0.15, -0.1) is 0 Å². The van der Waals surface area contributed by atoms with E-state index < -0.39 is 5.60 Å². The Kier molecular flexibility index (Phi) is 5.87. The van der Waals surface area contributed by atoms with Crippen LogP contribution < -0.4 is 0 Å². The summed E-state index contributed by atoms with van der Waals surface area (Å²) in [5.41, 5.74) is 1.69. The number of carbonyl (C=O) groups excluding carboxylic acids is 1. The molecule has 0 unspecified atom stereocenters. The Balaban J connectivity index is 1.67. The molecule has 2 aromatic heterocycles. The Morgan fingerprint density at radius 2 is 1.93 bits per heavy atom. The fraction of sp³-hybridized carbons (Fsp3) is 0.500. The summed E-state index contributed by atoms with van der Waals surface area (Å²) >= 11 is 0. The van der Waals surface area contributed by atoms with Gasteiger partial charge < -0.3 is 24.0 Å². The van der Waals surface area contributed by atoms with Crippen molar-refractivity contribution in [3.63, 3.8) is 0 Å². The minimum Gasteiger partial charge on any atom is -0.450 e. The number of carbonyl (C=O) groups is 1. The second-order valence-corrected chi connectivity index (χ2v) is 7.67. The summed E-state index contributed by atoms with van der Waals surface area (Å²) in [6.45, 7) is 6.35. The molecular formula is C22H28N4O4. The summed E-state index contributed by atoms with van der Waals surface area (Å²) in [5.74, 6) is 0.770. The van der Waals surface area contributed by atoms with Crippen LogP contribution in [0.2, 0.25) is 0 Å². The highest BCUT2D eigenvalue weighted by Gasteiger charge is 2.36. The molecule has 1 saturated heterocycles. The smallest absolute Gasteiger partial charge is 0.409 e. The van der Waals surface area contributed by atoms with Crippen molar-refractivity contribution in [2.24, 2.45) is 0 Å². The van der Waals surface area contributed by atoms with Gasteiger partial charge in [0.2, 0.25) is 0 Å². The molecule has 3 aromatic rings. The topological polar surface area (TPSA) is 89.7 Å². The summed E-state index contributed by atoms with van der Waals surface area (Å²) < 4.78 is 12.8. The molecule has 0 spiro atoms. The molecule has 1 aromatic carbocycles. The maximum Gasteiger partial charge on any atom is 0.409 e. The van der Waals surface area contributed by atoms with E-state index in [1.54, 1.807) is 18.0 Å². The predicted octanol–water partition coefficient (Wildman–Crippen LogP) is 3.10. The van der Waals surface area contributed by atoms with Gasteiger partial charge in [0, 0.05) is 25.1 Å². The number of rotatable bonds is 6. The van der Waals surface area contributed by atoms with Crippen molar-refractivity contribution in [3.05, 3.63) is 36.3 Å². The largest absolute Gasteiger partial charge is 0.450 e.